The first-order valence-electron chi connectivity index (χ1n) is 10.6. The molecule has 9 nitrogen and oxygen atoms in total. The van der Waals surface area contributed by atoms with Crippen LogP contribution in [0.15, 0.2) is 70.7 Å². The van der Waals surface area contributed by atoms with Crippen molar-refractivity contribution in [2.75, 3.05) is 12.0 Å². The van der Waals surface area contributed by atoms with Crippen molar-refractivity contribution in [3.63, 3.8) is 0 Å². The number of halogens is 2. The molecule has 12 heteroatoms. The van der Waals surface area contributed by atoms with Crippen molar-refractivity contribution in [1.82, 2.24) is 5.32 Å². The molecule has 3 aromatic carbocycles. The summed E-state index contributed by atoms with van der Waals surface area (Å²) >= 11 is 8.51. The highest BCUT2D eigenvalue weighted by Gasteiger charge is 2.35. The van der Waals surface area contributed by atoms with Gasteiger partial charge in [-0.15, -0.1) is 0 Å². The summed E-state index contributed by atoms with van der Waals surface area (Å²) in [5.74, 6) is -1.62. The van der Waals surface area contributed by atoms with Gasteiger partial charge < -0.3 is 9.47 Å². The van der Waals surface area contributed by atoms with Crippen LogP contribution < -0.4 is 19.7 Å². The molecule has 188 valence electrons. The van der Waals surface area contributed by atoms with Gasteiger partial charge in [0.15, 0.2) is 16.6 Å². The number of anilines is 1. The van der Waals surface area contributed by atoms with Gasteiger partial charge in [0.25, 0.3) is 17.5 Å². The Balaban J connectivity index is 1.64. The number of methoxy groups -OCH3 is 1. The molecule has 2 amide bonds. The SMILES string of the molecule is COc1cc(/C=C2\C(=O)NC(=S)N(c3ccccc3F)C2=O)cc(Br)c1OCc1cccc([N+](=O)[O-])c1. The second-order valence-corrected chi connectivity index (χ2v) is 8.90. The number of para-hydroxylation sites is 1. The van der Waals surface area contributed by atoms with Gasteiger partial charge in [0.1, 0.15) is 18.0 Å². The van der Waals surface area contributed by atoms with Crippen molar-refractivity contribution in [3.8, 4) is 11.5 Å². The van der Waals surface area contributed by atoms with Gasteiger partial charge in [0.05, 0.1) is 22.2 Å². The maximum atomic E-state index is 14.4. The maximum absolute atomic E-state index is 14.4. The predicted molar refractivity (Wildman–Crippen MR) is 141 cm³/mol. The van der Waals surface area contributed by atoms with Gasteiger partial charge in [-0.3, -0.25) is 25.0 Å². The first-order valence-corrected chi connectivity index (χ1v) is 11.8. The number of thiocarbonyl (C=S) groups is 1. The highest BCUT2D eigenvalue weighted by molar-refractivity contribution is 9.10. The summed E-state index contributed by atoms with van der Waals surface area (Å²) in [7, 11) is 1.41. The molecule has 0 atom stereocenters. The van der Waals surface area contributed by atoms with Gasteiger partial charge >= 0.3 is 0 Å². The Labute approximate surface area is 223 Å². The fourth-order valence-electron chi connectivity index (χ4n) is 3.55. The van der Waals surface area contributed by atoms with Crippen LogP contribution in [0.3, 0.4) is 0 Å². The van der Waals surface area contributed by atoms with E-state index in [0.29, 0.717) is 21.3 Å². The molecule has 37 heavy (non-hydrogen) atoms. The lowest BCUT2D eigenvalue weighted by molar-refractivity contribution is -0.384. The van der Waals surface area contributed by atoms with E-state index in [4.69, 9.17) is 21.7 Å². The standard InChI is InChI=1S/C25H17BrFN3O6S/c1-35-21-12-15(11-18(26)22(21)36-13-14-5-4-6-16(9-14)30(33)34)10-17-23(31)28-25(37)29(24(17)32)20-8-3-2-7-19(20)27/h2-12H,13H2,1H3,(H,28,31,37)/b17-10+. The van der Waals surface area contributed by atoms with Crippen LogP contribution in [0.4, 0.5) is 15.8 Å². The van der Waals surface area contributed by atoms with E-state index in [1.54, 1.807) is 30.3 Å². The Hall–Kier alpha value is -4.16. The van der Waals surface area contributed by atoms with Crippen molar-refractivity contribution < 1.29 is 28.4 Å². The van der Waals surface area contributed by atoms with Crippen LogP contribution in [0.2, 0.25) is 0 Å². The van der Waals surface area contributed by atoms with Crippen molar-refractivity contribution in [3.05, 3.63) is 97.8 Å². The third-order valence-electron chi connectivity index (χ3n) is 5.26. The molecule has 0 bridgehead atoms. The van der Waals surface area contributed by atoms with E-state index in [0.717, 1.165) is 4.90 Å². The van der Waals surface area contributed by atoms with Crippen LogP contribution in [0.25, 0.3) is 6.08 Å². The lowest BCUT2D eigenvalue weighted by Crippen LogP contribution is -2.54. The molecule has 1 N–H and O–H groups in total. The normalized spacial score (nSPS) is 14.5. The Kier molecular flexibility index (Phi) is 7.60. The zero-order chi connectivity index (χ0) is 26.7. The number of hydrogen-bond acceptors (Lipinski definition) is 7. The molecule has 1 saturated heterocycles. The van der Waals surface area contributed by atoms with Crippen molar-refractivity contribution in [2.45, 2.75) is 6.61 Å². The van der Waals surface area contributed by atoms with E-state index in [9.17, 15) is 24.1 Å². The Morgan fingerprint density at radius 3 is 2.62 bits per heavy atom. The van der Waals surface area contributed by atoms with E-state index in [2.05, 4.69) is 21.2 Å². The number of hydrogen-bond donors (Lipinski definition) is 1. The molecule has 3 aromatic rings. The largest absolute Gasteiger partial charge is 0.493 e. The van der Waals surface area contributed by atoms with E-state index < -0.39 is 22.6 Å². The summed E-state index contributed by atoms with van der Waals surface area (Å²) in [6.07, 6.45) is 1.32. The van der Waals surface area contributed by atoms with E-state index in [1.165, 1.54) is 43.5 Å². The zero-order valence-electron chi connectivity index (χ0n) is 19.1. The monoisotopic (exact) mass is 585 g/mol. The number of carbonyl (C=O) groups is 2. The molecule has 1 heterocycles. The van der Waals surface area contributed by atoms with Crippen molar-refractivity contribution in [2.24, 2.45) is 0 Å². The minimum absolute atomic E-state index is 0.0208. The van der Waals surface area contributed by atoms with Crippen LogP contribution in [0, 0.1) is 15.9 Å². The quantitative estimate of drug-likeness (QED) is 0.138. The summed E-state index contributed by atoms with van der Waals surface area (Å²) in [6.45, 7) is 0.0208. The van der Waals surface area contributed by atoms with Crippen molar-refractivity contribution in [1.29, 1.82) is 0 Å². The van der Waals surface area contributed by atoms with Crippen molar-refractivity contribution >= 4 is 62.5 Å². The first kappa shape index (κ1) is 25.9. The number of benzene rings is 3. The highest BCUT2D eigenvalue weighted by Crippen LogP contribution is 2.38. The molecule has 0 aromatic heterocycles. The average molecular weight is 586 g/mol. The third-order valence-corrected chi connectivity index (χ3v) is 6.14. The van der Waals surface area contributed by atoms with Gasteiger partial charge in [-0.05, 0) is 69.6 Å². The summed E-state index contributed by atoms with van der Waals surface area (Å²) in [5.41, 5.74) is 0.561. The number of nitrogens with one attached hydrogen (secondary N) is 1. The number of carbonyl (C=O) groups excluding carboxylic acids is 2. The number of ether oxygens (including phenoxy) is 2. The Morgan fingerprint density at radius 1 is 1.16 bits per heavy atom. The number of non-ortho nitro benzene ring substituents is 1. The fourth-order valence-corrected chi connectivity index (χ4v) is 4.40. The van der Waals surface area contributed by atoms with Crippen LogP contribution in [0.1, 0.15) is 11.1 Å². The molecule has 1 aliphatic rings. The van der Waals surface area contributed by atoms with Gasteiger partial charge in [-0.25, -0.2) is 9.29 Å². The summed E-state index contributed by atoms with van der Waals surface area (Å²) in [6, 6.07) is 14.7. The minimum atomic E-state index is -0.792. The summed E-state index contributed by atoms with van der Waals surface area (Å²) < 4.78 is 26.1. The molecule has 0 saturated carbocycles. The highest BCUT2D eigenvalue weighted by atomic mass is 79.9. The van der Waals surface area contributed by atoms with Gasteiger partial charge in [0, 0.05) is 12.1 Å². The van der Waals surface area contributed by atoms with Crippen LogP contribution >= 0.6 is 28.1 Å². The van der Waals surface area contributed by atoms with Gasteiger partial charge in [-0.2, -0.15) is 0 Å². The molecule has 0 aliphatic carbocycles. The molecule has 0 spiro atoms. The molecule has 0 unspecified atom stereocenters. The smallest absolute Gasteiger partial charge is 0.270 e. The van der Waals surface area contributed by atoms with Gasteiger partial charge in [0.2, 0.25) is 0 Å². The van der Waals surface area contributed by atoms with Gasteiger partial charge in [-0.1, -0.05) is 24.3 Å². The summed E-state index contributed by atoms with van der Waals surface area (Å²) in [4.78, 5) is 37.2. The van der Waals surface area contributed by atoms with Crippen LogP contribution in [-0.2, 0) is 16.2 Å². The second kappa shape index (κ2) is 10.8. The average Bonchev–Trinajstić information content (AvgIpc) is 2.86. The Bertz CT molecular complexity index is 1480. The molecule has 0 radical (unpaired) electrons. The van der Waals surface area contributed by atoms with Crippen LogP contribution in [-0.4, -0.2) is 29.0 Å². The number of nitro benzene ring substituents is 1. The lowest BCUT2D eigenvalue weighted by Gasteiger charge is -2.29. The number of rotatable bonds is 7. The predicted octanol–water partition coefficient (Wildman–Crippen LogP) is 4.92. The fraction of sp³-hybridized carbons (Fsp3) is 0.0800. The maximum Gasteiger partial charge on any atom is 0.270 e. The summed E-state index contributed by atoms with van der Waals surface area (Å²) in [5, 5.41) is 13.2. The molecule has 4 rings (SSSR count). The van der Waals surface area contributed by atoms with E-state index in [1.807, 2.05) is 0 Å². The second-order valence-electron chi connectivity index (χ2n) is 7.66. The Morgan fingerprint density at radius 2 is 1.92 bits per heavy atom. The molecular weight excluding hydrogens is 569 g/mol. The topological polar surface area (TPSA) is 111 Å². The zero-order valence-corrected chi connectivity index (χ0v) is 21.5. The van der Waals surface area contributed by atoms with E-state index in [-0.39, 0.29) is 34.4 Å². The molecule has 1 aliphatic heterocycles. The number of nitro groups is 1. The molecular formula is C25H17BrFN3O6S. The lowest BCUT2D eigenvalue weighted by atomic mass is 10.1. The van der Waals surface area contributed by atoms with Crippen LogP contribution in [0.5, 0.6) is 11.5 Å². The first-order chi connectivity index (χ1) is 17.7. The molecule has 1 fully saturated rings. The number of amides is 2. The minimum Gasteiger partial charge on any atom is -0.493 e. The third kappa shape index (κ3) is 5.49. The van der Waals surface area contributed by atoms with E-state index >= 15 is 0 Å². The number of nitrogens with zero attached hydrogens (tertiary/aromatic N) is 2.